The van der Waals surface area contributed by atoms with Crippen LogP contribution in [0.25, 0.3) is 16.8 Å². The molecule has 0 bridgehead atoms. The molecule has 1 aromatic heterocycles. The van der Waals surface area contributed by atoms with Gasteiger partial charge in [-0.1, -0.05) is 36.4 Å². The summed E-state index contributed by atoms with van der Waals surface area (Å²) < 4.78 is 11.3. The quantitative estimate of drug-likeness (QED) is 0.158. The lowest BCUT2D eigenvalue weighted by Gasteiger charge is -2.05. The van der Waals surface area contributed by atoms with Gasteiger partial charge in [-0.3, -0.25) is 14.9 Å². The van der Waals surface area contributed by atoms with Crippen LogP contribution in [0.4, 0.5) is 5.69 Å². The minimum atomic E-state index is -0.427. The third kappa shape index (κ3) is 4.70. The average Bonchev–Trinajstić information content (AvgIpc) is 3.23. The van der Waals surface area contributed by atoms with Crippen LogP contribution in [-0.4, -0.2) is 10.7 Å². The van der Waals surface area contributed by atoms with Gasteiger partial charge >= 0.3 is 0 Å². The maximum absolute atomic E-state index is 12.5. The largest absolute Gasteiger partial charge is 0.486 e. The highest BCUT2D eigenvalue weighted by molar-refractivity contribution is 6.08. The second kappa shape index (κ2) is 8.67. The van der Waals surface area contributed by atoms with Crippen LogP contribution in [-0.2, 0) is 6.61 Å². The van der Waals surface area contributed by atoms with Crippen molar-refractivity contribution in [3.8, 4) is 5.75 Å². The fourth-order valence-electron chi connectivity index (χ4n) is 3.24. The lowest BCUT2D eigenvalue weighted by atomic mass is 10.0. The molecule has 0 saturated carbocycles. The maximum atomic E-state index is 12.5. The summed E-state index contributed by atoms with van der Waals surface area (Å²) in [6.45, 7) is 1.83. The highest BCUT2D eigenvalue weighted by atomic mass is 16.6. The molecule has 1 heterocycles. The number of aryl methyl sites for hydroxylation is 1. The molecular formula is C25H19NO5. The number of benzene rings is 3. The molecule has 0 amide bonds. The number of furan rings is 1. The average molecular weight is 413 g/mol. The number of ketones is 1. The van der Waals surface area contributed by atoms with Crippen molar-refractivity contribution >= 4 is 28.3 Å². The Bertz CT molecular complexity index is 1300. The van der Waals surface area contributed by atoms with Gasteiger partial charge in [0.05, 0.1) is 4.92 Å². The lowest BCUT2D eigenvalue weighted by Crippen LogP contribution is -1.96. The van der Waals surface area contributed by atoms with Crippen LogP contribution in [0, 0.1) is 17.0 Å². The third-order valence-corrected chi connectivity index (χ3v) is 4.86. The number of carbonyl (C=O) groups is 1. The minimum Gasteiger partial charge on any atom is -0.486 e. The normalized spacial score (nSPS) is 11.1. The van der Waals surface area contributed by atoms with E-state index in [0.717, 1.165) is 10.8 Å². The van der Waals surface area contributed by atoms with Crippen LogP contribution in [0.15, 0.2) is 83.3 Å². The van der Waals surface area contributed by atoms with Gasteiger partial charge in [0.25, 0.3) is 5.69 Å². The molecule has 0 spiro atoms. The molecule has 0 aliphatic carbocycles. The monoisotopic (exact) mass is 413 g/mol. The molecule has 3 aromatic carbocycles. The predicted octanol–water partition coefficient (Wildman–Crippen LogP) is 6.12. The van der Waals surface area contributed by atoms with Crippen molar-refractivity contribution in [3.63, 3.8) is 0 Å². The summed E-state index contributed by atoms with van der Waals surface area (Å²) in [5.74, 6) is 1.52. The van der Waals surface area contributed by atoms with E-state index < -0.39 is 4.92 Å². The van der Waals surface area contributed by atoms with Crippen LogP contribution in [0.1, 0.15) is 27.4 Å². The molecule has 0 aliphatic rings. The number of carbonyl (C=O) groups excluding carboxylic acids is 1. The van der Waals surface area contributed by atoms with Crippen molar-refractivity contribution in [1.82, 2.24) is 0 Å². The van der Waals surface area contributed by atoms with Crippen LogP contribution < -0.4 is 4.74 Å². The van der Waals surface area contributed by atoms with Crippen LogP contribution in [0.3, 0.4) is 0 Å². The van der Waals surface area contributed by atoms with Gasteiger partial charge in [-0.15, -0.1) is 0 Å². The molecule has 6 heteroatoms. The molecule has 0 unspecified atom stereocenters. The van der Waals surface area contributed by atoms with Gasteiger partial charge < -0.3 is 9.15 Å². The SMILES string of the molecule is Cc1cc(OCc2ccc(/C=C/C(=O)c3ccc4ccccc4c3)o2)ccc1[N+](=O)[O-]. The fraction of sp³-hybridized carbons (Fsp3) is 0.0800. The number of nitro groups is 1. The van der Waals surface area contributed by atoms with E-state index >= 15 is 0 Å². The number of ether oxygens (including phenoxy) is 1. The van der Waals surface area contributed by atoms with Crippen molar-refractivity contribution in [2.75, 3.05) is 0 Å². The molecule has 0 saturated heterocycles. The summed E-state index contributed by atoms with van der Waals surface area (Å²) >= 11 is 0. The smallest absolute Gasteiger partial charge is 0.272 e. The van der Waals surface area contributed by atoms with E-state index in [2.05, 4.69) is 0 Å². The van der Waals surface area contributed by atoms with Gasteiger partial charge in [-0.25, -0.2) is 0 Å². The van der Waals surface area contributed by atoms with Gasteiger partial charge in [0, 0.05) is 17.2 Å². The van der Waals surface area contributed by atoms with E-state index in [9.17, 15) is 14.9 Å². The van der Waals surface area contributed by atoms with Gasteiger partial charge in [0.1, 0.15) is 23.9 Å². The maximum Gasteiger partial charge on any atom is 0.272 e. The Morgan fingerprint density at radius 3 is 2.61 bits per heavy atom. The number of allylic oxidation sites excluding steroid dienone is 1. The molecule has 4 aromatic rings. The standard InChI is InChI=1S/C25H19NO5/c1-17-14-22(10-12-24(17)26(28)29)30-16-23-9-8-21(31-23)11-13-25(27)20-7-6-18-4-2-3-5-19(18)15-20/h2-15H,16H2,1H3/b13-11+. The van der Waals surface area contributed by atoms with Gasteiger partial charge in [-0.05, 0) is 60.2 Å². The van der Waals surface area contributed by atoms with E-state index in [1.807, 2.05) is 42.5 Å². The summed E-state index contributed by atoms with van der Waals surface area (Å²) in [6.07, 6.45) is 3.10. The summed E-state index contributed by atoms with van der Waals surface area (Å²) in [7, 11) is 0. The zero-order valence-electron chi connectivity index (χ0n) is 16.8. The van der Waals surface area contributed by atoms with Gasteiger partial charge in [-0.2, -0.15) is 0 Å². The fourth-order valence-corrected chi connectivity index (χ4v) is 3.24. The minimum absolute atomic E-state index is 0.0499. The number of nitrogens with zero attached hydrogens (tertiary/aromatic N) is 1. The molecule has 4 rings (SSSR count). The molecule has 0 radical (unpaired) electrons. The van der Waals surface area contributed by atoms with Crippen molar-refractivity contribution in [2.45, 2.75) is 13.5 Å². The Labute approximate surface area is 178 Å². The predicted molar refractivity (Wildman–Crippen MR) is 118 cm³/mol. The molecule has 0 aliphatic heterocycles. The lowest BCUT2D eigenvalue weighted by molar-refractivity contribution is -0.385. The van der Waals surface area contributed by atoms with Crippen molar-refractivity contribution in [3.05, 3.63) is 112 Å². The number of hydrogen-bond acceptors (Lipinski definition) is 5. The Morgan fingerprint density at radius 1 is 1.03 bits per heavy atom. The Hall–Kier alpha value is -4.19. The van der Waals surface area contributed by atoms with Crippen LogP contribution in [0.2, 0.25) is 0 Å². The zero-order chi connectivity index (χ0) is 21.8. The van der Waals surface area contributed by atoms with E-state index in [4.69, 9.17) is 9.15 Å². The molecule has 0 atom stereocenters. The Balaban J connectivity index is 1.39. The second-order valence-electron chi connectivity index (χ2n) is 7.06. The first-order chi connectivity index (χ1) is 15.0. The summed E-state index contributed by atoms with van der Waals surface area (Å²) in [5, 5.41) is 13.0. The molecular weight excluding hydrogens is 394 g/mol. The first kappa shape index (κ1) is 20.1. The van der Waals surface area contributed by atoms with Crippen molar-refractivity contribution in [2.24, 2.45) is 0 Å². The molecule has 6 nitrogen and oxygen atoms in total. The van der Waals surface area contributed by atoms with E-state index in [-0.39, 0.29) is 18.1 Å². The topological polar surface area (TPSA) is 82.6 Å². The summed E-state index contributed by atoms with van der Waals surface area (Å²) in [5.41, 5.74) is 1.19. The van der Waals surface area contributed by atoms with E-state index in [1.54, 1.807) is 37.3 Å². The summed E-state index contributed by atoms with van der Waals surface area (Å²) in [6, 6.07) is 21.6. The number of hydrogen-bond donors (Lipinski definition) is 0. The summed E-state index contributed by atoms with van der Waals surface area (Å²) in [4.78, 5) is 23.0. The van der Waals surface area contributed by atoms with E-state index in [0.29, 0.717) is 28.4 Å². The highest BCUT2D eigenvalue weighted by Crippen LogP contribution is 2.24. The third-order valence-electron chi connectivity index (χ3n) is 4.86. The molecule has 0 fully saturated rings. The number of rotatable bonds is 7. The zero-order valence-corrected chi connectivity index (χ0v) is 16.8. The highest BCUT2D eigenvalue weighted by Gasteiger charge is 2.11. The van der Waals surface area contributed by atoms with Crippen LogP contribution in [0.5, 0.6) is 5.75 Å². The Morgan fingerprint density at radius 2 is 1.84 bits per heavy atom. The first-order valence-corrected chi connectivity index (χ1v) is 9.67. The van der Waals surface area contributed by atoms with Crippen LogP contribution >= 0.6 is 0 Å². The number of fused-ring (bicyclic) bond motifs is 1. The van der Waals surface area contributed by atoms with Gasteiger partial charge in [0.15, 0.2) is 5.78 Å². The van der Waals surface area contributed by atoms with Crippen molar-refractivity contribution < 1.29 is 18.9 Å². The second-order valence-corrected chi connectivity index (χ2v) is 7.06. The first-order valence-electron chi connectivity index (χ1n) is 9.67. The molecule has 0 N–H and O–H groups in total. The molecule has 31 heavy (non-hydrogen) atoms. The van der Waals surface area contributed by atoms with E-state index in [1.165, 1.54) is 12.1 Å². The molecule has 154 valence electrons. The van der Waals surface area contributed by atoms with Crippen molar-refractivity contribution in [1.29, 1.82) is 0 Å². The Kier molecular flexibility index (Phi) is 5.62. The van der Waals surface area contributed by atoms with Gasteiger partial charge in [0.2, 0.25) is 0 Å². The number of nitro benzene ring substituents is 1.